The largest absolute Gasteiger partial charge is 0.467 e. The van der Waals surface area contributed by atoms with Crippen LogP contribution in [0.1, 0.15) is 79.6 Å². The van der Waals surface area contributed by atoms with Gasteiger partial charge in [-0.25, -0.2) is 4.79 Å². The predicted molar refractivity (Wildman–Crippen MR) is 161 cm³/mol. The number of ketones is 2. The quantitative estimate of drug-likeness (QED) is 0.277. The highest BCUT2D eigenvalue weighted by Gasteiger charge is 2.68. The van der Waals surface area contributed by atoms with Gasteiger partial charge in [0, 0.05) is 32.6 Å². The van der Waals surface area contributed by atoms with Crippen LogP contribution in [0.2, 0.25) is 0 Å². The van der Waals surface area contributed by atoms with Crippen molar-refractivity contribution in [2.75, 3.05) is 13.7 Å². The number of rotatable bonds is 8. The van der Waals surface area contributed by atoms with Gasteiger partial charge in [-0.1, -0.05) is 19.4 Å². The van der Waals surface area contributed by atoms with Crippen molar-refractivity contribution in [3.63, 3.8) is 0 Å². The maximum atomic E-state index is 14.0. The lowest BCUT2D eigenvalue weighted by atomic mass is 9.45. The van der Waals surface area contributed by atoms with Crippen molar-refractivity contribution in [2.24, 2.45) is 28.6 Å². The minimum absolute atomic E-state index is 0.0235. The SMILES string of the molecule is COC(=O)[C@@H]1O[C@H](OCC(=O)[C@]2(O)CC[C@@H]3[C@H]4CCC5=CC(=O)CC[C@]5(C)[C@@H]4[C@@H](O)C[C@@]32C)[C@@H](OC(C)=O)[C@H](OC(C)=O)[C@H]1OC(C)=O. The molecule has 4 fully saturated rings. The molecule has 0 aromatic rings. The number of hydrogen-bond donors (Lipinski definition) is 2. The van der Waals surface area contributed by atoms with Crippen LogP contribution in [0.5, 0.6) is 0 Å². The van der Waals surface area contributed by atoms with Crippen molar-refractivity contribution in [3.8, 4) is 0 Å². The summed E-state index contributed by atoms with van der Waals surface area (Å²) in [6.07, 6.45) is -3.88. The molecule has 5 aliphatic rings. The second-order valence-corrected chi connectivity index (χ2v) is 14.4. The number of carbonyl (C=O) groups is 6. The van der Waals surface area contributed by atoms with E-state index in [0.717, 1.165) is 39.9 Å². The van der Waals surface area contributed by atoms with Crippen molar-refractivity contribution < 1.29 is 67.4 Å². The van der Waals surface area contributed by atoms with Gasteiger partial charge < -0.3 is 38.6 Å². The number of methoxy groups -OCH3 is 1. The zero-order chi connectivity index (χ0) is 35.3. The van der Waals surface area contributed by atoms with Gasteiger partial charge in [-0.3, -0.25) is 24.0 Å². The van der Waals surface area contributed by atoms with E-state index in [1.165, 1.54) is 0 Å². The average Bonchev–Trinajstić information content (AvgIpc) is 3.27. The van der Waals surface area contributed by atoms with E-state index < -0.39 is 84.1 Å². The van der Waals surface area contributed by atoms with E-state index in [4.69, 9.17) is 28.4 Å². The van der Waals surface area contributed by atoms with Crippen molar-refractivity contribution in [1.29, 1.82) is 0 Å². The fourth-order valence-electron chi connectivity index (χ4n) is 9.64. The van der Waals surface area contributed by atoms with Crippen LogP contribution in [-0.2, 0) is 57.2 Å². The van der Waals surface area contributed by atoms with E-state index in [2.05, 4.69) is 6.92 Å². The van der Waals surface area contributed by atoms with Gasteiger partial charge in [0.2, 0.25) is 0 Å². The van der Waals surface area contributed by atoms with Gasteiger partial charge in [-0.15, -0.1) is 0 Å². The minimum atomic E-state index is -1.90. The average molecular weight is 679 g/mol. The number of hydrogen-bond acceptors (Lipinski definition) is 14. The van der Waals surface area contributed by atoms with Gasteiger partial charge in [0.25, 0.3) is 0 Å². The van der Waals surface area contributed by atoms with Crippen LogP contribution in [0.3, 0.4) is 0 Å². The molecule has 0 radical (unpaired) electrons. The van der Waals surface area contributed by atoms with Crippen molar-refractivity contribution in [1.82, 2.24) is 0 Å². The molecule has 0 aromatic carbocycles. The molecule has 2 N–H and O–H groups in total. The number of fused-ring (bicyclic) bond motifs is 5. The molecule has 1 aliphatic heterocycles. The summed E-state index contributed by atoms with van der Waals surface area (Å²) in [5.41, 5.74) is -2.17. The van der Waals surface area contributed by atoms with Crippen molar-refractivity contribution in [3.05, 3.63) is 11.6 Å². The molecule has 0 spiro atoms. The molecule has 4 aliphatic carbocycles. The van der Waals surface area contributed by atoms with Crippen LogP contribution in [0.25, 0.3) is 0 Å². The Labute approximate surface area is 278 Å². The highest BCUT2D eigenvalue weighted by atomic mass is 16.7. The molecule has 14 nitrogen and oxygen atoms in total. The predicted octanol–water partition coefficient (Wildman–Crippen LogP) is 1.50. The van der Waals surface area contributed by atoms with Gasteiger partial charge >= 0.3 is 23.9 Å². The second kappa shape index (κ2) is 13.3. The lowest BCUT2D eigenvalue weighted by Crippen LogP contribution is -2.64. The Kier molecular flexibility index (Phi) is 9.97. The smallest absolute Gasteiger partial charge is 0.339 e. The minimum Gasteiger partial charge on any atom is -0.467 e. The van der Waals surface area contributed by atoms with Gasteiger partial charge in [-0.2, -0.15) is 0 Å². The molecule has 0 amide bonds. The third kappa shape index (κ3) is 6.09. The summed E-state index contributed by atoms with van der Waals surface area (Å²) in [7, 11) is 1.06. The van der Waals surface area contributed by atoms with Crippen molar-refractivity contribution >= 4 is 35.4 Å². The maximum Gasteiger partial charge on any atom is 0.339 e. The number of aliphatic hydroxyl groups is 2. The number of allylic oxidation sites excluding steroid dienone is 1. The summed E-state index contributed by atoms with van der Waals surface area (Å²) in [4.78, 5) is 75.2. The molecule has 1 heterocycles. The first kappa shape index (κ1) is 36.1. The first-order valence-corrected chi connectivity index (χ1v) is 16.5. The third-order valence-corrected chi connectivity index (χ3v) is 11.7. The number of carbonyl (C=O) groups excluding carboxylic acids is 6. The van der Waals surface area contributed by atoms with Gasteiger partial charge in [0.15, 0.2) is 42.3 Å². The molecule has 0 unspecified atom stereocenters. The summed E-state index contributed by atoms with van der Waals surface area (Å²) in [6, 6.07) is 0. The van der Waals surface area contributed by atoms with E-state index in [0.29, 0.717) is 25.7 Å². The zero-order valence-corrected chi connectivity index (χ0v) is 28.2. The second-order valence-electron chi connectivity index (χ2n) is 14.4. The van der Waals surface area contributed by atoms with Gasteiger partial charge in [0.1, 0.15) is 12.2 Å². The molecule has 1 saturated heterocycles. The Morgan fingerprint density at radius 3 is 2.17 bits per heavy atom. The first-order valence-electron chi connectivity index (χ1n) is 16.5. The number of ether oxygens (including phenoxy) is 6. The Morgan fingerprint density at radius 1 is 0.917 bits per heavy atom. The lowest BCUT2D eigenvalue weighted by molar-refractivity contribution is -0.300. The topological polar surface area (TPSA) is 198 Å². The van der Waals surface area contributed by atoms with Crippen LogP contribution < -0.4 is 0 Å². The highest BCUT2D eigenvalue weighted by Crippen LogP contribution is 2.67. The molecule has 14 heteroatoms. The first-order chi connectivity index (χ1) is 22.5. The maximum absolute atomic E-state index is 14.0. The molecule has 0 bridgehead atoms. The van der Waals surface area contributed by atoms with Gasteiger partial charge in [0.05, 0.1) is 13.2 Å². The number of esters is 4. The molecular weight excluding hydrogens is 632 g/mol. The summed E-state index contributed by atoms with van der Waals surface area (Å²) in [6.45, 7) is 6.38. The number of Topliss-reactive ketones (excluding diaryl/α,β-unsaturated/α-hetero) is 1. The number of aliphatic hydroxyl groups excluding tert-OH is 1. The van der Waals surface area contributed by atoms with Crippen LogP contribution in [-0.4, -0.2) is 102 Å². The van der Waals surface area contributed by atoms with Crippen molar-refractivity contribution in [2.45, 2.75) is 122 Å². The molecule has 48 heavy (non-hydrogen) atoms. The standard InChI is InChI=1S/C34H46O14/c1-16(35)45-26-27(46-17(2)36)29(47-18(3)37)31(48-28(26)30(41)43-6)44-15-24(40)34(42)12-10-22-21-8-7-19-13-20(38)9-11-32(19,4)25(21)23(39)14-33(22,34)5/h13,21-23,25-29,31,39,42H,7-12,14-15H2,1-6H3/t21-,22-,23+,25+,26-,27-,28-,29+,31+,32+,33+,34-/m1/s1. The molecule has 12 atom stereocenters. The third-order valence-electron chi connectivity index (χ3n) is 11.7. The molecule has 266 valence electrons. The molecule has 3 saturated carbocycles. The summed E-state index contributed by atoms with van der Waals surface area (Å²) >= 11 is 0. The highest BCUT2D eigenvalue weighted by molar-refractivity contribution is 5.92. The van der Waals surface area contributed by atoms with E-state index in [1.807, 2.05) is 6.92 Å². The Hall–Kier alpha value is -3.20. The molecule has 0 aromatic heterocycles. The lowest BCUT2D eigenvalue weighted by Gasteiger charge is -2.60. The van der Waals surface area contributed by atoms with Gasteiger partial charge in [-0.05, 0) is 67.8 Å². The van der Waals surface area contributed by atoms with Crippen LogP contribution >= 0.6 is 0 Å². The zero-order valence-electron chi connectivity index (χ0n) is 28.2. The Morgan fingerprint density at radius 2 is 1.54 bits per heavy atom. The summed E-state index contributed by atoms with van der Waals surface area (Å²) in [5.74, 6) is -4.35. The summed E-state index contributed by atoms with van der Waals surface area (Å²) < 4.78 is 32.4. The van der Waals surface area contributed by atoms with E-state index in [9.17, 15) is 39.0 Å². The molecular formula is C34H46O14. The van der Waals surface area contributed by atoms with Crippen LogP contribution in [0.15, 0.2) is 11.6 Å². The Balaban J connectivity index is 1.39. The molecule has 5 rings (SSSR count). The fourth-order valence-corrected chi connectivity index (χ4v) is 9.64. The monoisotopic (exact) mass is 678 g/mol. The fraction of sp³-hybridized carbons (Fsp3) is 0.765. The Bertz CT molecular complexity index is 1390. The van der Waals surface area contributed by atoms with E-state index >= 15 is 0 Å². The van der Waals surface area contributed by atoms with Crippen LogP contribution in [0, 0.1) is 28.6 Å². The van der Waals surface area contributed by atoms with E-state index in [-0.39, 0.29) is 41.8 Å². The normalized spacial score (nSPS) is 41.9. The van der Waals surface area contributed by atoms with Crippen LogP contribution in [0.4, 0.5) is 0 Å². The summed E-state index contributed by atoms with van der Waals surface area (Å²) in [5, 5.41) is 23.9. The van der Waals surface area contributed by atoms with E-state index in [1.54, 1.807) is 6.08 Å².